The molecule has 0 aliphatic heterocycles. The molecule has 4 aliphatic carbocycles. The summed E-state index contributed by atoms with van der Waals surface area (Å²) < 4.78 is 11.4. The van der Waals surface area contributed by atoms with Crippen LogP contribution in [0.5, 0.6) is 0 Å². The largest absolute Gasteiger partial charge is 0.461 e. The molecule has 2 bridgehead atoms. The summed E-state index contributed by atoms with van der Waals surface area (Å²) in [5.74, 6) is -4.27. The molecule has 194 valence electrons. The second-order valence-electron chi connectivity index (χ2n) is 12.1. The Hall–Kier alpha value is -1.30. The standard InChI is InChI=1S/C24H38O10/c1-10(25)33-18-12-7-8-13-22(6,31)15-14(27)16(28)20(3,4)24(15,32)17(29)19(34-11(2)26)23(13,18)9-21(12,5)30/h12-19,27-32H,7-9H2,1-6H3/t12-,13+,14-,15+,16+,17-,18-,19-,21-,22-,23-,24+/m1/s1. The van der Waals surface area contributed by atoms with Crippen LogP contribution in [0.2, 0.25) is 0 Å². The number of fused-ring (bicyclic) bond motifs is 2. The number of rotatable bonds is 2. The maximum atomic E-state index is 12.3. The van der Waals surface area contributed by atoms with E-state index in [-0.39, 0.29) is 12.8 Å². The van der Waals surface area contributed by atoms with Gasteiger partial charge in [0.1, 0.15) is 23.9 Å². The molecular formula is C24H38O10. The molecule has 0 aromatic rings. The summed E-state index contributed by atoms with van der Waals surface area (Å²) in [6.45, 7) is 8.30. The van der Waals surface area contributed by atoms with E-state index >= 15 is 0 Å². The van der Waals surface area contributed by atoms with Gasteiger partial charge in [-0.05, 0) is 33.1 Å². The van der Waals surface area contributed by atoms with Crippen LogP contribution in [0.3, 0.4) is 0 Å². The topological polar surface area (TPSA) is 174 Å². The molecule has 6 N–H and O–H groups in total. The van der Waals surface area contributed by atoms with Gasteiger partial charge in [0.15, 0.2) is 0 Å². The zero-order valence-corrected chi connectivity index (χ0v) is 20.6. The predicted octanol–water partition coefficient (Wildman–Crippen LogP) is -0.748. The lowest BCUT2D eigenvalue weighted by Crippen LogP contribution is -2.64. The van der Waals surface area contributed by atoms with Crippen LogP contribution in [0.15, 0.2) is 0 Å². The van der Waals surface area contributed by atoms with Gasteiger partial charge in [-0.3, -0.25) is 9.59 Å². The molecule has 34 heavy (non-hydrogen) atoms. The number of carbonyl (C=O) groups excluding carboxylic acids is 2. The van der Waals surface area contributed by atoms with Crippen LogP contribution in [0, 0.1) is 28.6 Å². The van der Waals surface area contributed by atoms with Gasteiger partial charge < -0.3 is 40.1 Å². The smallest absolute Gasteiger partial charge is 0.303 e. The number of aliphatic hydroxyl groups is 6. The summed E-state index contributed by atoms with van der Waals surface area (Å²) in [6.07, 6.45) is -6.97. The normalized spacial score (nSPS) is 55.6. The molecule has 4 saturated carbocycles. The Balaban J connectivity index is 2.05. The van der Waals surface area contributed by atoms with Crippen LogP contribution < -0.4 is 0 Å². The zero-order chi connectivity index (χ0) is 25.8. The average molecular weight is 487 g/mol. The molecule has 0 unspecified atom stereocenters. The van der Waals surface area contributed by atoms with E-state index in [0.29, 0.717) is 6.42 Å². The van der Waals surface area contributed by atoms with Gasteiger partial charge in [0.25, 0.3) is 0 Å². The van der Waals surface area contributed by atoms with Gasteiger partial charge in [-0.1, -0.05) is 13.8 Å². The van der Waals surface area contributed by atoms with Crippen molar-refractivity contribution in [3.05, 3.63) is 0 Å². The fourth-order valence-electron chi connectivity index (χ4n) is 8.58. The molecule has 12 atom stereocenters. The number of carbonyl (C=O) groups is 2. The van der Waals surface area contributed by atoms with Crippen LogP contribution in [-0.2, 0) is 19.1 Å². The Morgan fingerprint density at radius 3 is 1.88 bits per heavy atom. The monoisotopic (exact) mass is 486 g/mol. The number of hydrogen-bond donors (Lipinski definition) is 6. The van der Waals surface area contributed by atoms with E-state index in [4.69, 9.17) is 9.47 Å². The van der Waals surface area contributed by atoms with Crippen LogP contribution in [-0.4, -0.2) is 89.9 Å². The van der Waals surface area contributed by atoms with Crippen LogP contribution in [0.1, 0.15) is 60.8 Å². The number of esters is 2. The first-order chi connectivity index (χ1) is 15.4. The van der Waals surface area contributed by atoms with E-state index in [1.54, 1.807) is 6.92 Å². The van der Waals surface area contributed by atoms with E-state index < -0.39 is 87.8 Å². The van der Waals surface area contributed by atoms with E-state index in [2.05, 4.69) is 0 Å². The van der Waals surface area contributed by atoms with E-state index in [0.717, 1.165) is 6.92 Å². The van der Waals surface area contributed by atoms with Gasteiger partial charge in [-0.2, -0.15) is 0 Å². The fourth-order valence-corrected chi connectivity index (χ4v) is 8.58. The number of aliphatic hydroxyl groups excluding tert-OH is 3. The molecule has 0 aromatic carbocycles. The minimum absolute atomic E-state index is 0.0830. The van der Waals surface area contributed by atoms with E-state index in [1.165, 1.54) is 27.7 Å². The molecule has 0 amide bonds. The first-order valence-electron chi connectivity index (χ1n) is 11.9. The predicted molar refractivity (Wildman–Crippen MR) is 116 cm³/mol. The SMILES string of the molecule is CC(=O)O[C@@H]1[C@@H](O)[C@@]2(O)[C@@H]([C@@H](O)[C@H](O)C2(C)C)[C@](C)(O)[C@@H]2CC[C@@H]3[C@@H](OC(C)=O)[C@]12C[C@@]3(C)O. The highest BCUT2D eigenvalue weighted by Crippen LogP contribution is 2.70. The Morgan fingerprint density at radius 1 is 0.824 bits per heavy atom. The second-order valence-corrected chi connectivity index (χ2v) is 12.1. The maximum Gasteiger partial charge on any atom is 0.303 e. The molecule has 0 saturated heterocycles. The maximum absolute atomic E-state index is 12.3. The summed E-state index contributed by atoms with van der Waals surface area (Å²) in [5.41, 5.74) is -8.60. The fraction of sp³-hybridized carbons (Fsp3) is 0.917. The third kappa shape index (κ3) is 2.90. The van der Waals surface area contributed by atoms with Crippen molar-refractivity contribution < 1.29 is 49.7 Å². The lowest BCUT2D eigenvalue weighted by molar-refractivity contribution is -0.233. The van der Waals surface area contributed by atoms with Gasteiger partial charge in [0.05, 0.1) is 28.8 Å². The highest BCUT2D eigenvalue weighted by atomic mass is 16.6. The van der Waals surface area contributed by atoms with Crippen molar-refractivity contribution in [3.8, 4) is 0 Å². The minimum Gasteiger partial charge on any atom is -0.461 e. The van der Waals surface area contributed by atoms with Crippen molar-refractivity contribution >= 4 is 11.9 Å². The highest BCUT2D eigenvalue weighted by molar-refractivity contribution is 5.67. The molecule has 1 spiro atoms. The summed E-state index contributed by atoms with van der Waals surface area (Å²) in [7, 11) is 0. The Bertz CT molecular complexity index is 883. The first-order valence-corrected chi connectivity index (χ1v) is 11.9. The average Bonchev–Trinajstić information content (AvgIpc) is 2.89. The third-order valence-corrected chi connectivity index (χ3v) is 9.87. The summed E-state index contributed by atoms with van der Waals surface area (Å²) in [6, 6.07) is 0. The van der Waals surface area contributed by atoms with E-state index in [1.807, 2.05) is 0 Å². The third-order valence-electron chi connectivity index (χ3n) is 9.87. The quantitative estimate of drug-likeness (QED) is 0.273. The van der Waals surface area contributed by atoms with E-state index in [9.17, 15) is 40.2 Å². The Morgan fingerprint density at radius 2 is 1.35 bits per heavy atom. The Kier molecular flexibility index (Phi) is 5.58. The number of ether oxygens (including phenoxy) is 2. The molecule has 0 aromatic heterocycles. The van der Waals surface area contributed by atoms with Gasteiger partial charge in [0, 0.05) is 37.0 Å². The van der Waals surface area contributed by atoms with Crippen molar-refractivity contribution in [1.82, 2.24) is 0 Å². The molecule has 0 radical (unpaired) electrons. The molecule has 4 aliphatic rings. The molecule has 10 nitrogen and oxygen atoms in total. The van der Waals surface area contributed by atoms with Crippen LogP contribution >= 0.6 is 0 Å². The van der Waals surface area contributed by atoms with Gasteiger partial charge in [0.2, 0.25) is 0 Å². The zero-order valence-electron chi connectivity index (χ0n) is 20.6. The van der Waals surface area contributed by atoms with Crippen molar-refractivity contribution in [1.29, 1.82) is 0 Å². The van der Waals surface area contributed by atoms with Gasteiger partial charge >= 0.3 is 11.9 Å². The van der Waals surface area contributed by atoms with Gasteiger partial charge in [-0.15, -0.1) is 0 Å². The van der Waals surface area contributed by atoms with Crippen molar-refractivity contribution in [2.75, 3.05) is 0 Å². The van der Waals surface area contributed by atoms with Crippen molar-refractivity contribution in [3.63, 3.8) is 0 Å². The molecular weight excluding hydrogens is 448 g/mol. The molecule has 4 rings (SSSR count). The number of hydrogen-bond acceptors (Lipinski definition) is 10. The molecule has 0 heterocycles. The Labute approximate surface area is 198 Å². The summed E-state index contributed by atoms with van der Waals surface area (Å²) >= 11 is 0. The first kappa shape index (κ1) is 25.8. The minimum atomic E-state index is -2.30. The second kappa shape index (κ2) is 7.36. The summed E-state index contributed by atoms with van der Waals surface area (Å²) in [5, 5.41) is 69.4. The molecule has 10 heteroatoms. The van der Waals surface area contributed by atoms with Crippen LogP contribution in [0.25, 0.3) is 0 Å². The highest BCUT2D eigenvalue weighted by Gasteiger charge is 2.82. The summed E-state index contributed by atoms with van der Waals surface area (Å²) in [4.78, 5) is 24.5. The lowest BCUT2D eigenvalue weighted by Gasteiger charge is -2.53. The van der Waals surface area contributed by atoms with Gasteiger partial charge in [-0.25, -0.2) is 0 Å². The van der Waals surface area contributed by atoms with Crippen molar-refractivity contribution in [2.45, 2.75) is 108 Å². The van der Waals surface area contributed by atoms with Crippen molar-refractivity contribution in [2.24, 2.45) is 28.6 Å². The van der Waals surface area contributed by atoms with Crippen LogP contribution in [0.4, 0.5) is 0 Å². The molecule has 4 fully saturated rings. The lowest BCUT2D eigenvalue weighted by atomic mass is 9.56.